The van der Waals surface area contributed by atoms with E-state index in [4.69, 9.17) is 9.47 Å². The van der Waals surface area contributed by atoms with Crippen molar-refractivity contribution in [2.24, 2.45) is 0 Å². The van der Waals surface area contributed by atoms with Gasteiger partial charge in [0.15, 0.2) is 0 Å². The van der Waals surface area contributed by atoms with Crippen molar-refractivity contribution in [3.63, 3.8) is 0 Å². The third-order valence-corrected chi connectivity index (χ3v) is 5.45. The SMILES string of the molecule is CCCCOc1ccc(C=C(C#N)C(=O)Nc2sc(C)c(C)c2C(=O)OC)cc1. The molecule has 1 aromatic carbocycles. The van der Waals surface area contributed by atoms with Gasteiger partial charge in [0, 0.05) is 4.88 Å². The van der Waals surface area contributed by atoms with Crippen molar-refractivity contribution in [2.75, 3.05) is 19.0 Å². The van der Waals surface area contributed by atoms with Gasteiger partial charge >= 0.3 is 5.97 Å². The Labute approximate surface area is 174 Å². The molecule has 1 heterocycles. The highest BCUT2D eigenvalue weighted by atomic mass is 32.1. The zero-order chi connectivity index (χ0) is 21.4. The molecule has 1 N–H and O–H groups in total. The lowest BCUT2D eigenvalue weighted by molar-refractivity contribution is -0.112. The Morgan fingerprint density at radius 2 is 1.93 bits per heavy atom. The van der Waals surface area contributed by atoms with Gasteiger partial charge in [-0.2, -0.15) is 5.26 Å². The fraction of sp³-hybridized carbons (Fsp3) is 0.318. The van der Waals surface area contributed by atoms with E-state index in [0.717, 1.165) is 29.0 Å². The first-order valence-corrected chi connectivity index (χ1v) is 10.1. The molecule has 0 aliphatic heterocycles. The molecule has 0 aliphatic rings. The zero-order valence-corrected chi connectivity index (χ0v) is 17.8. The summed E-state index contributed by atoms with van der Waals surface area (Å²) in [6.45, 7) is 6.39. The van der Waals surface area contributed by atoms with E-state index in [0.29, 0.717) is 22.7 Å². The molecule has 0 atom stereocenters. The Balaban J connectivity index is 2.18. The normalized spacial score (nSPS) is 10.9. The van der Waals surface area contributed by atoms with E-state index < -0.39 is 11.9 Å². The van der Waals surface area contributed by atoms with Crippen molar-refractivity contribution < 1.29 is 19.1 Å². The number of methoxy groups -OCH3 is 1. The number of ether oxygens (including phenoxy) is 2. The number of nitrogens with zero attached hydrogens (tertiary/aromatic N) is 1. The zero-order valence-electron chi connectivity index (χ0n) is 17.0. The molecular formula is C22H24N2O4S. The van der Waals surface area contributed by atoms with Gasteiger partial charge in [0.2, 0.25) is 0 Å². The van der Waals surface area contributed by atoms with Crippen LogP contribution in [0.25, 0.3) is 6.08 Å². The quantitative estimate of drug-likeness (QED) is 0.289. The van der Waals surface area contributed by atoms with E-state index >= 15 is 0 Å². The number of aryl methyl sites for hydroxylation is 1. The summed E-state index contributed by atoms with van der Waals surface area (Å²) in [5.41, 5.74) is 1.70. The van der Waals surface area contributed by atoms with E-state index in [1.807, 2.05) is 13.0 Å². The first kappa shape index (κ1) is 22.2. The van der Waals surface area contributed by atoms with E-state index in [1.165, 1.54) is 24.5 Å². The monoisotopic (exact) mass is 412 g/mol. The average Bonchev–Trinajstić information content (AvgIpc) is 2.99. The van der Waals surface area contributed by atoms with Crippen LogP contribution >= 0.6 is 11.3 Å². The number of anilines is 1. The number of carbonyl (C=O) groups is 2. The van der Waals surface area contributed by atoms with Gasteiger partial charge in [0.1, 0.15) is 22.4 Å². The van der Waals surface area contributed by atoms with Gasteiger partial charge in [0.05, 0.1) is 19.3 Å². The van der Waals surface area contributed by atoms with Crippen LogP contribution < -0.4 is 10.1 Å². The lowest BCUT2D eigenvalue weighted by atomic mass is 10.1. The second-order valence-electron chi connectivity index (χ2n) is 6.37. The van der Waals surface area contributed by atoms with Crippen molar-refractivity contribution in [1.29, 1.82) is 5.26 Å². The first-order chi connectivity index (χ1) is 13.9. The van der Waals surface area contributed by atoms with Crippen LogP contribution in [0, 0.1) is 25.2 Å². The van der Waals surface area contributed by atoms with Crippen molar-refractivity contribution in [1.82, 2.24) is 0 Å². The molecule has 0 aliphatic carbocycles. The molecule has 0 bridgehead atoms. The molecule has 0 saturated carbocycles. The maximum Gasteiger partial charge on any atom is 0.341 e. The Kier molecular flexibility index (Phi) is 7.98. The molecule has 1 amide bonds. The van der Waals surface area contributed by atoms with Gasteiger partial charge < -0.3 is 14.8 Å². The number of thiophene rings is 1. The number of benzene rings is 1. The largest absolute Gasteiger partial charge is 0.494 e. The summed E-state index contributed by atoms with van der Waals surface area (Å²) in [4.78, 5) is 25.5. The summed E-state index contributed by atoms with van der Waals surface area (Å²) in [5.74, 6) is -0.365. The van der Waals surface area contributed by atoms with E-state index in [2.05, 4.69) is 12.2 Å². The number of nitriles is 1. The van der Waals surface area contributed by atoms with Crippen LogP contribution in [0.5, 0.6) is 5.75 Å². The molecule has 7 heteroatoms. The summed E-state index contributed by atoms with van der Waals surface area (Å²) < 4.78 is 10.4. The molecule has 0 unspecified atom stereocenters. The highest BCUT2D eigenvalue weighted by Gasteiger charge is 2.22. The van der Waals surface area contributed by atoms with Crippen LogP contribution in [0.1, 0.15) is 46.1 Å². The highest BCUT2D eigenvalue weighted by molar-refractivity contribution is 7.16. The summed E-state index contributed by atoms with van der Waals surface area (Å²) in [6, 6.07) is 9.09. The van der Waals surface area contributed by atoms with E-state index in [9.17, 15) is 14.9 Å². The maximum absolute atomic E-state index is 12.6. The summed E-state index contributed by atoms with van der Waals surface area (Å²) >= 11 is 1.27. The van der Waals surface area contributed by atoms with E-state index in [-0.39, 0.29) is 5.57 Å². The van der Waals surface area contributed by atoms with Gasteiger partial charge in [-0.1, -0.05) is 25.5 Å². The Morgan fingerprint density at radius 3 is 2.52 bits per heavy atom. The first-order valence-electron chi connectivity index (χ1n) is 9.25. The lowest BCUT2D eigenvalue weighted by Gasteiger charge is -2.06. The molecule has 29 heavy (non-hydrogen) atoms. The van der Waals surface area contributed by atoms with Crippen molar-refractivity contribution in [2.45, 2.75) is 33.6 Å². The predicted octanol–water partition coefficient (Wildman–Crippen LogP) is 4.88. The molecule has 6 nitrogen and oxygen atoms in total. The summed E-state index contributed by atoms with van der Waals surface area (Å²) in [6.07, 6.45) is 3.54. The molecule has 1 aromatic heterocycles. The maximum atomic E-state index is 12.6. The standard InChI is InChI=1S/C22H24N2O4S/c1-5-6-11-28-18-9-7-16(8-10-18)12-17(13-23)20(25)24-21-19(22(26)27-4)14(2)15(3)29-21/h7-10,12H,5-6,11H2,1-4H3,(H,24,25). The average molecular weight is 413 g/mol. The van der Waals surface area contributed by atoms with Crippen LogP contribution in [-0.4, -0.2) is 25.6 Å². The van der Waals surface area contributed by atoms with Gasteiger partial charge in [-0.25, -0.2) is 4.79 Å². The van der Waals surface area contributed by atoms with E-state index in [1.54, 1.807) is 31.2 Å². The van der Waals surface area contributed by atoms with Crippen LogP contribution in [0.4, 0.5) is 5.00 Å². The van der Waals surface area contributed by atoms with Gasteiger partial charge in [0.25, 0.3) is 5.91 Å². The van der Waals surface area contributed by atoms with Crippen molar-refractivity contribution >= 4 is 34.3 Å². The van der Waals surface area contributed by atoms with Gasteiger partial charge in [-0.15, -0.1) is 11.3 Å². The number of nitrogens with one attached hydrogen (secondary N) is 1. The number of hydrogen-bond donors (Lipinski definition) is 1. The number of carbonyl (C=O) groups excluding carboxylic acids is 2. The number of rotatable bonds is 8. The van der Waals surface area contributed by atoms with Crippen LogP contribution in [0.15, 0.2) is 29.8 Å². The molecule has 0 saturated heterocycles. The number of esters is 1. The number of unbranched alkanes of at least 4 members (excludes halogenated alkanes) is 1. The second-order valence-corrected chi connectivity index (χ2v) is 7.60. The molecule has 2 rings (SSSR count). The minimum Gasteiger partial charge on any atom is -0.494 e. The van der Waals surface area contributed by atoms with Crippen LogP contribution in [0.2, 0.25) is 0 Å². The number of amides is 1. The number of hydrogen-bond acceptors (Lipinski definition) is 6. The van der Waals surface area contributed by atoms with Gasteiger partial charge in [-0.3, -0.25) is 4.79 Å². The molecule has 2 aromatic rings. The minimum atomic E-state index is -0.581. The molecular weight excluding hydrogens is 388 g/mol. The van der Waals surface area contributed by atoms with Crippen molar-refractivity contribution in [3.05, 3.63) is 51.4 Å². The van der Waals surface area contributed by atoms with Crippen LogP contribution in [-0.2, 0) is 9.53 Å². The second kappa shape index (κ2) is 10.4. The molecule has 0 radical (unpaired) electrons. The fourth-order valence-electron chi connectivity index (χ4n) is 2.54. The Morgan fingerprint density at radius 1 is 1.24 bits per heavy atom. The van der Waals surface area contributed by atoms with Crippen LogP contribution in [0.3, 0.4) is 0 Å². The third kappa shape index (κ3) is 5.69. The molecule has 152 valence electrons. The highest BCUT2D eigenvalue weighted by Crippen LogP contribution is 2.33. The smallest absolute Gasteiger partial charge is 0.341 e. The Bertz CT molecular complexity index is 952. The lowest BCUT2D eigenvalue weighted by Crippen LogP contribution is -2.15. The fourth-order valence-corrected chi connectivity index (χ4v) is 3.59. The third-order valence-electron chi connectivity index (χ3n) is 4.32. The van der Waals surface area contributed by atoms with Gasteiger partial charge in [-0.05, 0) is 49.6 Å². The van der Waals surface area contributed by atoms with Crippen molar-refractivity contribution in [3.8, 4) is 11.8 Å². The molecule has 0 spiro atoms. The topological polar surface area (TPSA) is 88.4 Å². The predicted molar refractivity (Wildman–Crippen MR) is 114 cm³/mol. The molecule has 0 fully saturated rings. The minimum absolute atomic E-state index is 0.0656. The summed E-state index contributed by atoms with van der Waals surface area (Å²) in [5, 5.41) is 12.5. The Hall–Kier alpha value is -3.11. The summed E-state index contributed by atoms with van der Waals surface area (Å²) in [7, 11) is 1.29.